The van der Waals surface area contributed by atoms with E-state index in [0.29, 0.717) is 0 Å². The molecule has 0 radical (unpaired) electrons. The molecule has 5 nitrogen and oxygen atoms in total. The molecule has 0 aromatic rings. The van der Waals surface area contributed by atoms with E-state index in [4.69, 9.17) is 0 Å². The summed E-state index contributed by atoms with van der Waals surface area (Å²) in [5, 5.41) is 0. The largest absolute Gasteiger partial charge is 0.285 e. The fourth-order valence-electron chi connectivity index (χ4n) is 4.45. The Morgan fingerprint density at radius 1 is 0.783 bits per heavy atom. The van der Waals surface area contributed by atoms with Crippen molar-refractivity contribution in [1.29, 1.82) is 0 Å². The van der Waals surface area contributed by atoms with Crippen molar-refractivity contribution in [3.05, 3.63) is 0 Å². The Bertz CT molecular complexity index is 528. The van der Waals surface area contributed by atoms with Gasteiger partial charge < -0.3 is 0 Å². The van der Waals surface area contributed by atoms with E-state index < -0.39 is 24.0 Å². The summed E-state index contributed by atoms with van der Waals surface area (Å²) in [6.45, 7) is 0. The summed E-state index contributed by atoms with van der Waals surface area (Å²) in [7, 11) is -8.59. The Balaban J connectivity index is 2.33. The molecule has 0 spiro atoms. The van der Waals surface area contributed by atoms with Crippen molar-refractivity contribution in [3.63, 3.8) is 0 Å². The molecule has 1 N–H and O–H groups in total. The van der Waals surface area contributed by atoms with Gasteiger partial charge in [-0.2, -0.15) is 8.42 Å². The third-order valence-corrected chi connectivity index (χ3v) is 10.3. The van der Waals surface area contributed by atoms with Gasteiger partial charge in [0.1, 0.15) is 0 Å². The van der Waals surface area contributed by atoms with Crippen LogP contribution in [0.15, 0.2) is 0 Å². The summed E-state index contributed by atoms with van der Waals surface area (Å²) in [6.07, 6.45) is 10.8. The molecule has 0 bridgehead atoms. The highest BCUT2D eigenvalue weighted by Crippen LogP contribution is 2.43. The van der Waals surface area contributed by atoms with E-state index >= 15 is 0 Å². The zero-order chi connectivity index (χ0) is 17.1. The Labute approximate surface area is 140 Å². The SMILES string of the molecule is CS(=O)(=O)C(CC1CCCCC1)(CC1CCCCC1)S(=O)(=O)O. The number of hydrogen-bond acceptors (Lipinski definition) is 4. The molecule has 0 amide bonds. The van der Waals surface area contributed by atoms with Crippen molar-refractivity contribution in [1.82, 2.24) is 0 Å². The Hall–Kier alpha value is -0.140. The Kier molecular flexibility index (Phi) is 6.17. The van der Waals surface area contributed by atoms with Gasteiger partial charge >= 0.3 is 0 Å². The van der Waals surface area contributed by atoms with Crippen LogP contribution in [0.25, 0.3) is 0 Å². The van der Waals surface area contributed by atoms with Gasteiger partial charge in [0.15, 0.2) is 13.9 Å². The molecule has 2 aliphatic carbocycles. The van der Waals surface area contributed by atoms with Crippen LogP contribution < -0.4 is 0 Å². The van der Waals surface area contributed by atoms with Crippen molar-refractivity contribution in [2.24, 2.45) is 11.8 Å². The quantitative estimate of drug-likeness (QED) is 0.726. The minimum absolute atomic E-state index is 0.0567. The van der Waals surface area contributed by atoms with Crippen molar-refractivity contribution in [3.8, 4) is 0 Å². The second-order valence-electron chi connectivity index (χ2n) is 7.57. The van der Waals surface area contributed by atoms with Crippen molar-refractivity contribution in [2.75, 3.05) is 6.26 Å². The third-order valence-electron chi connectivity index (χ3n) is 5.79. The molecule has 0 aromatic heterocycles. The first kappa shape index (κ1) is 19.2. The summed E-state index contributed by atoms with van der Waals surface area (Å²) in [5.41, 5.74) is 0. The normalized spacial score (nSPS) is 23.0. The molecule has 0 aromatic carbocycles. The molecule has 2 fully saturated rings. The maximum atomic E-state index is 12.5. The van der Waals surface area contributed by atoms with Crippen LogP contribution in [0.2, 0.25) is 0 Å². The highest BCUT2D eigenvalue weighted by molar-refractivity contribution is 8.07. The smallest absolute Gasteiger partial charge is 0.284 e. The molecule has 7 heteroatoms. The minimum Gasteiger partial charge on any atom is -0.284 e. The zero-order valence-electron chi connectivity index (χ0n) is 14.0. The summed E-state index contributed by atoms with van der Waals surface area (Å²) in [6, 6.07) is 0. The van der Waals surface area contributed by atoms with E-state index in [0.717, 1.165) is 70.5 Å². The van der Waals surface area contributed by atoms with Crippen LogP contribution in [0, 0.1) is 11.8 Å². The van der Waals surface area contributed by atoms with Gasteiger partial charge in [-0.05, 0) is 24.7 Å². The highest BCUT2D eigenvalue weighted by atomic mass is 32.3. The van der Waals surface area contributed by atoms with Crippen LogP contribution >= 0.6 is 0 Å². The van der Waals surface area contributed by atoms with Crippen LogP contribution in [0.4, 0.5) is 0 Å². The highest BCUT2D eigenvalue weighted by Gasteiger charge is 2.54. The average molecular weight is 367 g/mol. The molecule has 0 atom stereocenters. The van der Waals surface area contributed by atoms with Crippen LogP contribution in [0.1, 0.15) is 77.0 Å². The summed E-state index contributed by atoms with van der Waals surface area (Å²) in [4.78, 5) is 0. The van der Waals surface area contributed by atoms with Gasteiger partial charge in [0.2, 0.25) is 0 Å². The van der Waals surface area contributed by atoms with E-state index in [2.05, 4.69) is 0 Å². The van der Waals surface area contributed by atoms with Gasteiger partial charge in [-0.25, -0.2) is 8.42 Å². The van der Waals surface area contributed by atoms with E-state index in [1.165, 1.54) is 0 Å². The van der Waals surface area contributed by atoms with Gasteiger partial charge in [0.05, 0.1) is 0 Å². The minimum atomic E-state index is -4.67. The Morgan fingerprint density at radius 2 is 1.13 bits per heavy atom. The summed E-state index contributed by atoms with van der Waals surface area (Å²) in [5.74, 6) is 0.146. The lowest BCUT2D eigenvalue weighted by Gasteiger charge is -2.37. The fourth-order valence-corrected chi connectivity index (χ4v) is 7.95. The monoisotopic (exact) mass is 366 g/mol. The summed E-state index contributed by atoms with van der Waals surface area (Å²) < 4.78 is 57.4. The van der Waals surface area contributed by atoms with E-state index in [1.54, 1.807) is 0 Å². The molecule has 2 aliphatic rings. The van der Waals surface area contributed by atoms with Crippen LogP contribution in [0.3, 0.4) is 0 Å². The van der Waals surface area contributed by atoms with Gasteiger partial charge in [-0.15, -0.1) is 0 Å². The molecular formula is C16H30O5S2. The third kappa shape index (κ3) is 4.48. The molecule has 0 aliphatic heterocycles. The lowest BCUT2D eigenvalue weighted by Crippen LogP contribution is -2.49. The maximum Gasteiger partial charge on any atom is 0.285 e. The molecule has 0 unspecified atom stereocenters. The topological polar surface area (TPSA) is 88.5 Å². The van der Waals surface area contributed by atoms with Crippen LogP contribution in [-0.4, -0.2) is 31.7 Å². The first-order valence-electron chi connectivity index (χ1n) is 8.82. The molecule has 0 saturated heterocycles. The van der Waals surface area contributed by atoms with Crippen molar-refractivity contribution < 1.29 is 21.4 Å². The lowest BCUT2D eigenvalue weighted by molar-refractivity contribution is 0.268. The Morgan fingerprint density at radius 3 is 1.39 bits per heavy atom. The second-order valence-corrected chi connectivity index (χ2v) is 11.9. The van der Waals surface area contributed by atoms with Gasteiger partial charge in [-0.1, -0.05) is 64.2 Å². The first-order chi connectivity index (χ1) is 10.7. The molecule has 136 valence electrons. The molecule has 0 heterocycles. The molecule has 23 heavy (non-hydrogen) atoms. The van der Waals surface area contributed by atoms with E-state index in [-0.39, 0.29) is 24.7 Å². The van der Waals surface area contributed by atoms with Gasteiger partial charge in [-0.3, -0.25) is 4.55 Å². The molecule has 2 rings (SSSR count). The molecular weight excluding hydrogens is 336 g/mol. The van der Waals surface area contributed by atoms with Crippen LogP contribution in [-0.2, 0) is 20.0 Å². The van der Waals surface area contributed by atoms with Crippen molar-refractivity contribution >= 4 is 20.0 Å². The predicted molar refractivity (Wildman–Crippen MR) is 91.5 cm³/mol. The predicted octanol–water partition coefficient (Wildman–Crippen LogP) is 3.56. The van der Waals surface area contributed by atoms with Gasteiger partial charge in [0, 0.05) is 6.26 Å². The van der Waals surface area contributed by atoms with Gasteiger partial charge in [0.25, 0.3) is 10.1 Å². The number of rotatable bonds is 6. The average Bonchev–Trinajstić information content (AvgIpc) is 2.46. The second kappa shape index (κ2) is 7.40. The standard InChI is InChI=1S/C16H30O5S2/c1-22(17,18)16(23(19,20)21,12-14-8-4-2-5-9-14)13-15-10-6-3-7-11-15/h14-15H,2-13H2,1H3,(H,19,20,21). The molecule has 2 saturated carbocycles. The van der Waals surface area contributed by atoms with E-state index in [9.17, 15) is 21.4 Å². The van der Waals surface area contributed by atoms with Crippen molar-refractivity contribution in [2.45, 2.75) is 81.1 Å². The fraction of sp³-hybridized carbons (Fsp3) is 1.00. The first-order valence-corrected chi connectivity index (χ1v) is 12.2. The van der Waals surface area contributed by atoms with E-state index in [1.807, 2.05) is 0 Å². The van der Waals surface area contributed by atoms with Crippen LogP contribution in [0.5, 0.6) is 0 Å². The number of hydrogen-bond donors (Lipinski definition) is 1. The zero-order valence-corrected chi connectivity index (χ0v) is 15.7. The summed E-state index contributed by atoms with van der Waals surface area (Å²) >= 11 is 0. The maximum absolute atomic E-state index is 12.5. The lowest BCUT2D eigenvalue weighted by atomic mass is 9.81. The number of sulfone groups is 1.